The van der Waals surface area contributed by atoms with Gasteiger partial charge in [0.15, 0.2) is 0 Å². The first-order valence-corrected chi connectivity index (χ1v) is 13.9. The fourth-order valence-electron chi connectivity index (χ4n) is 4.41. The third kappa shape index (κ3) is 4.82. The number of carbonyl (C=O) groups excluding carboxylic acids is 1. The van der Waals surface area contributed by atoms with Crippen LogP contribution in [0.2, 0.25) is 0 Å². The summed E-state index contributed by atoms with van der Waals surface area (Å²) in [6.45, 7) is 0.642. The first kappa shape index (κ1) is 23.5. The summed E-state index contributed by atoms with van der Waals surface area (Å²) in [4.78, 5) is 17.7. The summed E-state index contributed by atoms with van der Waals surface area (Å²) in [6, 6.07) is 28.7. The van der Waals surface area contributed by atoms with Crippen molar-refractivity contribution in [3.05, 3.63) is 108 Å². The second-order valence-corrected chi connectivity index (χ2v) is 11.3. The average molecular weight is 504 g/mol. The van der Waals surface area contributed by atoms with Crippen molar-refractivity contribution >= 4 is 38.6 Å². The summed E-state index contributed by atoms with van der Waals surface area (Å²) < 4.78 is 28.6. The van der Waals surface area contributed by atoms with Crippen LogP contribution in [0, 0.1) is 0 Å². The molecule has 178 valence electrons. The molecule has 1 fully saturated rings. The van der Waals surface area contributed by atoms with Crippen LogP contribution in [0.4, 0.5) is 0 Å². The molecule has 1 atom stereocenters. The summed E-state index contributed by atoms with van der Waals surface area (Å²) >= 11 is 1.34. The Morgan fingerprint density at radius 2 is 1.60 bits per heavy atom. The minimum absolute atomic E-state index is 0.0416. The van der Waals surface area contributed by atoms with Gasteiger partial charge in [-0.05, 0) is 23.3 Å². The van der Waals surface area contributed by atoms with Crippen molar-refractivity contribution in [1.82, 2.24) is 14.6 Å². The number of hydrogen-bond acceptors (Lipinski definition) is 5. The molecule has 1 aliphatic heterocycles. The number of pyridine rings is 1. The Bertz CT molecular complexity index is 1390. The van der Waals surface area contributed by atoms with Crippen molar-refractivity contribution in [2.45, 2.75) is 16.2 Å². The zero-order valence-corrected chi connectivity index (χ0v) is 20.6. The van der Waals surface area contributed by atoms with E-state index in [-0.39, 0.29) is 23.3 Å². The SMILES string of the molecule is O=C(NCC(c1ccccc1)c1ccccc1)C1SCCN1S(=O)(=O)c1cccc2cccnc12. The number of sulfonamides is 1. The highest BCUT2D eigenvalue weighted by Crippen LogP contribution is 2.33. The van der Waals surface area contributed by atoms with Crippen LogP contribution in [0.5, 0.6) is 0 Å². The number of fused-ring (bicyclic) bond motifs is 1. The normalized spacial score (nSPS) is 16.5. The molecule has 6 nitrogen and oxygen atoms in total. The van der Waals surface area contributed by atoms with E-state index in [1.54, 1.807) is 24.4 Å². The molecule has 0 aliphatic carbocycles. The smallest absolute Gasteiger partial charge is 0.248 e. The van der Waals surface area contributed by atoms with Crippen molar-refractivity contribution in [2.24, 2.45) is 0 Å². The minimum Gasteiger partial charge on any atom is -0.353 e. The first-order chi connectivity index (χ1) is 17.1. The van der Waals surface area contributed by atoms with Crippen molar-refractivity contribution < 1.29 is 13.2 Å². The number of carbonyl (C=O) groups is 1. The van der Waals surface area contributed by atoms with Gasteiger partial charge in [0.2, 0.25) is 15.9 Å². The number of hydrogen-bond donors (Lipinski definition) is 1. The first-order valence-electron chi connectivity index (χ1n) is 11.4. The Morgan fingerprint density at radius 1 is 0.943 bits per heavy atom. The number of nitrogens with zero attached hydrogens (tertiary/aromatic N) is 2. The van der Waals surface area contributed by atoms with Gasteiger partial charge in [-0.3, -0.25) is 9.78 Å². The third-order valence-corrected chi connectivity index (χ3v) is 9.37. The number of aromatic nitrogens is 1. The highest BCUT2D eigenvalue weighted by Gasteiger charge is 2.41. The van der Waals surface area contributed by atoms with Gasteiger partial charge in [-0.15, -0.1) is 11.8 Å². The molecule has 8 heteroatoms. The van der Waals surface area contributed by atoms with Crippen LogP contribution in [0.1, 0.15) is 17.0 Å². The lowest BCUT2D eigenvalue weighted by Crippen LogP contribution is -2.45. The van der Waals surface area contributed by atoms with E-state index >= 15 is 0 Å². The maximum absolute atomic E-state index is 13.6. The van der Waals surface area contributed by atoms with Gasteiger partial charge in [-0.2, -0.15) is 4.31 Å². The molecule has 4 aromatic rings. The Labute approximate surface area is 209 Å². The topological polar surface area (TPSA) is 79.4 Å². The Hall–Kier alpha value is -3.20. The van der Waals surface area contributed by atoms with E-state index in [1.807, 2.05) is 72.8 Å². The second kappa shape index (κ2) is 10.2. The van der Waals surface area contributed by atoms with Crippen molar-refractivity contribution in [3.8, 4) is 0 Å². The average Bonchev–Trinajstić information content (AvgIpc) is 3.41. The predicted molar refractivity (Wildman–Crippen MR) is 140 cm³/mol. The van der Waals surface area contributed by atoms with Crippen molar-refractivity contribution in [2.75, 3.05) is 18.8 Å². The van der Waals surface area contributed by atoms with E-state index in [4.69, 9.17) is 0 Å². The molecule has 1 unspecified atom stereocenters. The number of thioether (sulfide) groups is 1. The summed E-state index contributed by atoms with van der Waals surface area (Å²) in [6.07, 6.45) is 1.58. The molecule has 1 saturated heterocycles. The van der Waals surface area contributed by atoms with E-state index in [2.05, 4.69) is 10.3 Å². The minimum atomic E-state index is -3.91. The molecule has 2 heterocycles. The van der Waals surface area contributed by atoms with Gasteiger partial charge >= 0.3 is 0 Å². The van der Waals surface area contributed by atoms with E-state index in [0.717, 1.165) is 16.5 Å². The molecule has 1 aliphatic rings. The second-order valence-electron chi connectivity index (χ2n) is 8.29. The zero-order chi connectivity index (χ0) is 24.3. The maximum atomic E-state index is 13.6. The lowest BCUT2D eigenvalue weighted by molar-refractivity contribution is -0.122. The molecular formula is C27H25N3O3S2. The van der Waals surface area contributed by atoms with E-state index in [9.17, 15) is 13.2 Å². The molecule has 0 radical (unpaired) electrons. The van der Waals surface area contributed by atoms with Gasteiger partial charge in [0.1, 0.15) is 10.3 Å². The summed E-state index contributed by atoms with van der Waals surface area (Å²) in [7, 11) is -3.91. The van der Waals surface area contributed by atoms with Gasteiger partial charge in [-0.1, -0.05) is 78.9 Å². The van der Waals surface area contributed by atoms with Crippen molar-refractivity contribution in [1.29, 1.82) is 0 Å². The lowest BCUT2D eigenvalue weighted by Gasteiger charge is -2.24. The zero-order valence-electron chi connectivity index (χ0n) is 18.9. The Balaban J connectivity index is 1.38. The molecule has 1 aromatic heterocycles. The fourth-order valence-corrected chi connectivity index (χ4v) is 7.67. The van der Waals surface area contributed by atoms with Gasteiger partial charge in [0.25, 0.3) is 0 Å². The van der Waals surface area contributed by atoms with Crippen LogP contribution < -0.4 is 5.32 Å². The molecular weight excluding hydrogens is 478 g/mol. The number of para-hydroxylation sites is 1. The molecule has 3 aromatic carbocycles. The molecule has 0 bridgehead atoms. The molecule has 5 rings (SSSR count). The van der Waals surface area contributed by atoms with Crippen LogP contribution in [0.3, 0.4) is 0 Å². The predicted octanol–water partition coefficient (Wildman–Crippen LogP) is 4.25. The highest BCUT2D eigenvalue weighted by atomic mass is 32.2. The van der Waals surface area contributed by atoms with Gasteiger partial charge in [0.05, 0.1) is 5.52 Å². The van der Waals surface area contributed by atoms with Crippen LogP contribution in [0.15, 0.2) is 102 Å². The Kier molecular flexibility index (Phi) is 6.86. The third-order valence-electron chi connectivity index (χ3n) is 6.14. The van der Waals surface area contributed by atoms with E-state index in [0.29, 0.717) is 17.8 Å². The van der Waals surface area contributed by atoms with Crippen LogP contribution in [-0.2, 0) is 14.8 Å². The molecule has 0 saturated carbocycles. The number of benzene rings is 3. The van der Waals surface area contributed by atoms with Crippen LogP contribution in [0.25, 0.3) is 10.9 Å². The van der Waals surface area contributed by atoms with Gasteiger partial charge in [0, 0.05) is 36.3 Å². The maximum Gasteiger partial charge on any atom is 0.248 e. The highest BCUT2D eigenvalue weighted by molar-refractivity contribution is 8.02. The number of nitrogens with one attached hydrogen (secondary N) is 1. The summed E-state index contributed by atoms with van der Waals surface area (Å²) in [5, 5.41) is 2.95. The number of amides is 1. The standard InChI is InChI=1S/C27H25N3O3S2/c31-26(29-19-23(20-9-3-1-4-10-20)21-11-5-2-6-12-21)27-30(17-18-34-27)35(32,33)24-15-7-13-22-14-8-16-28-25(22)24/h1-16,23,27H,17-19H2,(H,29,31). The largest absolute Gasteiger partial charge is 0.353 e. The van der Waals surface area contributed by atoms with Crippen LogP contribution >= 0.6 is 11.8 Å². The lowest BCUT2D eigenvalue weighted by atomic mass is 9.91. The van der Waals surface area contributed by atoms with Gasteiger partial charge < -0.3 is 5.32 Å². The fraction of sp³-hybridized carbons (Fsp3) is 0.185. The number of rotatable bonds is 7. The molecule has 1 N–H and O–H groups in total. The van der Waals surface area contributed by atoms with Gasteiger partial charge in [-0.25, -0.2) is 8.42 Å². The summed E-state index contributed by atoms with van der Waals surface area (Å²) in [5.74, 6) is 0.206. The summed E-state index contributed by atoms with van der Waals surface area (Å²) in [5.41, 5.74) is 2.59. The van der Waals surface area contributed by atoms with Crippen LogP contribution in [-0.4, -0.2) is 47.8 Å². The van der Waals surface area contributed by atoms with E-state index < -0.39 is 15.4 Å². The van der Waals surface area contributed by atoms with Crippen molar-refractivity contribution in [3.63, 3.8) is 0 Å². The monoisotopic (exact) mass is 503 g/mol. The quantitative estimate of drug-likeness (QED) is 0.408. The van der Waals surface area contributed by atoms with E-state index in [1.165, 1.54) is 16.1 Å². The Morgan fingerprint density at radius 3 is 2.29 bits per heavy atom. The molecule has 0 spiro atoms. The molecule has 35 heavy (non-hydrogen) atoms. The molecule has 1 amide bonds.